The summed E-state index contributed by atoms with van der Waals surface area (Å²) >= 11 is 0. The average molecular weight is 216 g/mol. The molecule has 0 aliphatic carbocycles. The maximum absolute atomic E-state index is 4.55. The van der Waals surface area contributed by atoms with E-state index < -0.39 is 0 Å². The van der Waals surface area contributed by atoms with E-state index in [2.05, 4.69) is 41.3 Å². The van der Waals surface area contributed by atoms with E-state index in [1.165, 1.54) is 36.8 Å². The zero-order valence-electron chi connectivity index (χ0n) is 10.0. The lowest BCUT2D eigenvalue weighted by Gasteiger charge is -2.15. The number of aryl methyl sites for hydroxylation is 1. The van der Waals surface area contributed by atoms with Gasteiger partial charge < -0.3 is 0 Å². The predicted octanol–water partition coefficient (Wildman–Crippen LogP) is 3.20. The lowest BCUT2D eigenvalue weighted by molar-refractivity contribution is 0.302. The van der Waals surface area contributed by atoms with E-state index in [0.717, 1.165) is 13.1 Å². The maximum atomic E-state index is 4.55. The molecule has 16 heavy (non-hydrogen) atoms. The van der Waals surface area contributed by atoms with Crippen molar-refractivity contribution in [3.05, 3.63) is 35.4 Å². The standard InChI is InChI=1S/C14H20N2/c1-13-6-8-14(9-7-13)12-15-16-10-4-2-3-5-11-16/h6-9,12H,2-5,10-11H2,1H3. The highest BCUT2D eigenvalue weighted by Crippen LogP contribution is 2.09. The van der Waals surface area contributed by atoms with E-state index in [9.17, 15) is 0 Å². The number of hydrazone groups is 1. The molecule has 2 nitrogen and oxygen atoms in total. The normalized spacial score (nSPS) is 17.7. The van der Waals surface area contributed by atoms with Gasteiger partial charge in [-0.1, -0.05) is 42.7 Å². The Morgan fingerprint density at radius 1 is 1.00 bits per heavy atom. The Balaban J connectivity index is 1.94. The molecule has 2 heteroatoms. The quantitative estimate of drug-likeness (QED) is 0.693. The van der Waals surface area contributed by atoms with Crippen molar-refractivity contribution in [2.24, 2.45) is 5.10 Å². The van der Waals surface area contributed by atoms with Crippen LogP contribution in [0.2, 0.25) is 0 Å². The van der Waals surface area contributed by atoms with Crippen molar-refractivity contribution in [3.63, 3.8) is 0 Å². The summed E-state index contributed by atoms with van der Waals surface area (Å²) in [5.41, 5.74) is 2.49. The molecular weight excluding hydrogens is 196 g/mol. The summed E-state index contributed by atoms with van der Waals surface area (Å²) in [6, 6.07) is 8.50. The molecule has 0 spiro atoms. The van der Waals surface area contributed by atoms with Gasteiger partial charge >= 0.3 is 0 Å². The van der Waals surface area contributed by atoms with Gasteiger partial charge in [-0.2, -0.15) is 5.10 Å². The van der Waals surface area contributed by atoms with Gasteiger partial charge in [0.1, 0.15) is 0 Å². The minimum atomic E-state index is 1.11. The third kappa shape index (κ3) is 3.37. The summed E-state index contributed by atoms with van der Waals surface area (Å²) in [6.07, 6.45) is 7.26. The highest BCUT2D eigenvalue weighted by Gasteiger charge is 2.04. The van der Waals surface area contributed by atoms with Crippen molar-refractivity contribution in [2.45, 2.75) is 32.6 Å². The molecule has 1 aliphatic heterocycles. The minimum Gasteiger partial charge on any atom is -0.297 e. The van der Waals surface area contributed by atoms with Crippen LogP contribution in [0.15, 0.2) is 29.4 Å². The molecule has 0 N–H and O–H groups in total. The molecule has 0 unspecified atom stereocenters. The zero-order chi connectivity index (χ0) is 11.2. The first-order valence-electron chi connectivity index (χ1n) is 6.20. The molecule has 1 aliphatic rings. The highest BCUT2D eigenvalue weighted by molar-refractivity contribution is 5.79. The Bertz CT molecular complexity index is 332. The molecule has 86 valence electrons. The highest BCUT2D eigenvalue weighted by atomic mass is 15.4. The number of hydrogen-bond donors (Lipinski definition) is 0. The molecule has 1 heterocycles. The summed E-state index contributed by atoms with van der Waals surface area (Å²) in [7, 11) is 0. The topological polar surface area (TPSA) is 15.6 Å². The van der Waals surface area contributed by atoms with E-state index in [0.29, 0.717) is 0 Å². The van der Waals surface area contributed by atoms with Crippen LogP contribution in [0.25, 0.3) is 0 Å². The van der Waals surface area contributed by atoms with Gasteiger partial charge in [0.2, 0.25) is 0 Å². The van der Waals surface area contributed by atoms with E-state index >= 15 is 0 Å². The van der Waals surface area contributed by atoms with Gasteiger partial charge in [-0.05, 0) is 25.3 Å². The van der Waals surface area contributed by atoms with Crippen LogP contribution in [-0.4, -0.2) is 24.3 Å². The van der Waals surface area contributed by atoms with E-state index in [4.69, 9.17) is 0 Å². The number of hydrogen-bond acceptors (Lipinski definition) is 2. The molecule has 0 radical (unpaired) electrons. The predicted molar refractivity (Wildman–Crippen MR) is 68.8 cm³/mol. The van der Waals surface area contributed by atoms with Gasteiger partial charge in [-0.3, -0.25) is 5.01 Å². The second kappa shape index (κ2) is 5.69. The first-order valence-corrected chi connectivity index (χ1v) is 6.20. The Morgan fingerprint density at radius 3 is 2.25 bits per heavy atom. The van der Waals surface area contributed by atoms with Gasteiger partial charge in [0.15, 0.2) is 0 Å². The maximum Gasteiger partial charge on any atom is 0.0542 e. The summed E-state index contributed by atoms with van der Waals surface area (Å²) in [4.78, 5) is 0. The summed E-state index contributed by atoms with van der Waals surface area (Å²) in [6.45, 7) is 4.33. The van der Waals surface area contributed by atoms with Crippen molar-refractivity contribution in [3.8, 4) is 0 Å². The van der Waals surface area contributed by atoms with Gasteiger partial charge in [-0.15, -0.1) is 0 Å². The summed E-state index contributed by atoms with van der Waals surface area (Å²) in [5.74, 6) is 0. The fourth-order valence-corrected chi connectivity index (χ4v) is 1.97. The molecule has 0 bridgehead atoms. The van der Waals surface area contributed by atoms with Crippen molar-refractivity contribution in [1.82, 2.24) is 5.01 Å². The Labute approximate surface area is 98.0 Å². The largest absolute Gasteiger partial charge is 0.297 e. The fourth-order valence-electron chi connectivity index (χ4n) is 1.97. The number of benzene rings is 1. The van der Waals surface area contributed by atoms with Crippen LogP contribution in [0.5, 0.6) is 0 Å². The van der Waals surface area contributed by atoms with E-state index in [1.807, 2.05) is 6.21 Å². The minimum absolute atomic E-state index is 1.11. The van der Waals surface area contributed by atoms with Crippen molar-refractivity contribution < 1.29 is 0 Å². The average Bonchev–Trinajstić information content (AvgIpc) is 2.57. The Hall–Kier alpha value is -1.31. The Kier molecular flexibility index (Phi) is 3.97. The summed E-state index contributed by atoms with van der Waals surface area (Å²) < 4.78 is 0. The van der Waals surface area contributed by atoms with Gasteiger partial charge in [0.25, 0.3) is 0 Å². The van der Waals surface area contributed by atoms with Crippen molar-refractivity contribution in [1.29, 1.82) is 0 Å². The van der Waals surface area contributed by atoms with Crippen LogP contribution in [0.1, 0.15) is 36.8 Å². The van der Waals surface area contributed by atoms with Gasteiger partial charge in [0.05, 0.1) is 6.21 Å². The first-order chi connectivity index (χ1) is 7.84. The molecule has 1 fully saturated rings. The van der Waals surface area contributed by atoms with Crippen LogP contribution in [0.3, 0.4) is 0 Å². The van der Waals surface area contributed by atoms with Crippen LogP contribution < -0.4 is 0 Å². The molecule has 1 aromatic rings. The van der Waals surface area contributed by atoms with Crippen molar-refractivity contribution >= 4 is 6.21 Å². The third-order valence-corrected chi connectivity index (χ3v) is 3.03. The SMILES string of the molecule is Cc1ccc(C=NN2CCCCCC2)cc1. The zero-order valence-corrected chi connectivity index (χ0v) is 10.0. The van der Waals surface area contributed by atoms with Gasteiger partial charge in [0, 0.05) is 13.1 Å². The van der Waals surface area contributed by atoms with Crippen LogP contribution >= 0.6 is 0 Å². The second-order valence-corrected chi connectivity index (χ2v) is 4.52. The lowest BCUT2D eigenvalue weighted by Crippen LogP contribution is -2.18. The summed E-state index contributed by atoms with van der Waals surface area (Å²) in [5, 5.41) is 6.75. The van der Waals surface area contributed by atoms with Crippen LogP contribution in [0, 0.1) is 6.92 Å². The Morgan fingerprint density at radius 2 is 1.62 bits per heavy atom. The molecule has 0 saturated carbocycles. The van der Waals surface area contributed by atoms with Crippen LogP contribution in [0.4, 0.5) is 0 Å². The molecular formula is C14H20N2. The van der Waals surface area contributed by atoms with E-state index in [1.54, 1.807) is 0 Å². The van der Waals surface area contributed by atoms with E-state index in [-0.39, 0.29) is 0 Å². The molecule has 0 atom stereocenters. The molecule has 1 aromatic carbocycles. The van der Waals surface area contributed by atoms with Gasteiger partial charge in [-0.25, -0.2) is 0 Å². The fraction of sp³-hybridized carbons (Fsp3) is 0.500. The first kappa shape index (κ1) is 11.2. The lowest BCUT2D eigenvalue weighted by atomic mass is 10.2. The smallest absolute Gasteiger partial charge is 0.0542 e. The van der Waals surface area contributed by atoms with Crippen LogP contribution in [-0.2, 0) is 0 Å². The molecule has 1 saturated heterocycles. The third-order valence-electron chi connectivity index (χ3n) is 3.03. The molecule has 2 rings (SSSR count). The number of rotatable bonds is 2. The second-order valence-electron chi connectivity index (χ2n) is 4.52. The number of nitrogens with zero attached hydrogens (tertiary/aromatic N) is 2. The molecule has 0 amide bonds. The van der Waals surface area contributed by atoms with Crippen molar-refractivity contribution in [2.75, 3.05) is 13.1 Å². The monoisotopic (exact) mass is 216 g/mol. The molecule has 0 aromatic heterocycles.